The maximum Gasteiger partial charge on any atom is 0.401 e. The van der Waals surface area contributed by atoms with Crippen molar-refractivity contribution in [3.8, 4) is 0 Å². The van der Waals surface area contributed by atoms with E-state index in [4.69, 9.17) is 0 Å². The summed E-state index contributed by atoms with van der Waals surface area (Å²) in [6.07, 6.45) is -3.42. The second-order valence-corrected chi connectivity index (χ2v) is 3.86. The van der Waals surface area contributed by atoms with Crippen LogP contribution in [0.15, 0.2) is 12.2 Å². The summed E-state index contributed by atoms with van der Waals surface area (Å²) in [5, 5.41) is 3.05. The van der Waals surface area contributed by atoms with Crippen molar-refractivity contribution >= 4 is 0 Å². The van der Waals surface area contributed by atoms with E-state index in [2.05, 4.69) is 11.9 Å². The van der Waals surface area contributed by atoms with Crippen molar-refractivity contribution in [2.45, 2.75) is 26.4 Å². The van der Waals surface area contributed by atoms with Crippen LogP contribution in [0, 0.1) is 0 Å². The van der Waals surface area contributed by atoms with E-state index in [-0.39, 0.29) is 0 Å². The first-order valence-corrected chi connectivity index (χ1v) is 5.55. The van der Waals surface area contributed by atoms with Gasteiger partial charge in [0.15, 0.2) is 0 Å². The van der Waals surface area contributed by atoms with Crippen LogP contribution in [0.2, 0.25) is 0 Å². The monoisotopic (exact) mass is 238 g/mol. The Kier molecular flexibility index (Phi) is 7.42. The van der Waals surface area contributed by atoms with E-state index in [9.17, 15) is 13.2 Å². The minimum atomic E-state index is -4.13. The van der Waals surface area contributed by atoms with Crippen molar-refractivity contribution in [2.75, 3.05) is 32.7 Å². The molecule has 0 aromatic carbocycles. The normalized spacial score (nSPS) is 12.1. The molecule has 0 radical (unpaired) electrons. The van der Waals surface area contributed by atoms with E-state index in [1.807, 2.05) is 13.8 Å². The fourth-order valence-corrected chi connectivity index (χ4v) is 1.46. The summed E-state index contributed by atoms with van der Waals surface area (Å²) < 4.78 is 36.7. The van der Waals surface area contributed by atoms with Gasteiger partial charge in [0.1, 0.15) is 0 Å². The van der Waals surface area contributed by atoms with Gasteiger partial charge in [-0.15, -0.1) is 0 Å². The summed E-state index contributed by atoms with van der Waals surface area (Å²) in [6, 6.07) is 0. The molecule has 0 fully saturated rings. The van der Waals surface area contributed by atoms with Crippen LogP contribution in [0.4, 0.5) is 13.2 Å². The van der Waals surface area contributed by atoms with Gasteiger partial charge in [0.05, 0.1) is 6.54 Å². The molecule has 0 aliphatic rings. The number of rotatable bonds is 8. The molecule has 0 aromatic rings. The Bertz CT molecular complexity index is 202. The van der Waals surface area contributed by atoms with Crippen LogP contribution in [0.5, 0.6) is 0 Å². The van der Waals surface area contributed by atoms with Crippen molar-refractivity contribution in [3.63, 3.8) is 0 Å². The fourth-order valence-electron chi connectivity index (χ4n) is 1.46. The van der Waals surface area contributed by atoms with Crippen molar-refractivity contribution in [1.29, 1.82) is 0 Å². The molecule has 16 heavy (non-hydrogen) atoms. The van der Waals surface area contributed by atoms with E-state index in [1.165, 1.54) is 4.90 Å². The van der Waals surface area contributed by atoms with Gasteiger partial charge in [0.25, 0.3) is 0 Å². The first kappa shape index (κ1) is 15.4. The lowest BCUT2D eigenvalue weighted by atomic mass is 10.2. The van der Waals surface area contributed by atoms with E-state index < -0.39 is 12.7 Å². The SMILES string of the molecule is C=C(CNCC)CN(CCC)CC(F)(F)F. The third-order valence-electron chi connectivity index (χ3n) is 2.01. The Morgan fingerprint density at radius 1 is 1.31 bits per heavy atom. The Morgan fingerprint density at radius 3 is 2.38 bits per heavy atom. The molecule has 1 N–H and O–H groups in total. The van der Waals surface area contributed by atoms with Crippen molar-refractivity contribution in [1.82, 2.24) is 10.2 Å². The van der Waals surface area contributed by atoms with E-state index in [0.29, 0.717) is 26.1 Å². The quantitative estimate of drug-likeness (QED) is 0.653. The number of nitrogens with one attached hydrogen (secondary N) is 1. The maximum absolute atomic E-state index is 12.2. The lowest BCUT2D eigenvalue weighted by Gasteiger charge is -2.24. The molecule has 96 valence electrons. The Morgan fingerprint density at radius 2 is 1.94 bits per heavy atom. The zero-order chi connectivity index (χ0) is 12.6. The van der Waals surface area contributed by atoms with Gasteiger partial charge in [-0.2, -0.15) is 13.2 Å². The number of halogens is 3. The molecule has 0 saturated heterocycles. The van der Waals surface area contributed by atoms with E-state index >= 15 is 0 Å². The smallest absolute Gasteiger partial charge is 0.313 e. The molecule has 0 atom stereocenters. The molecule has 0 spiro atoms. The highest BCUT2D eigenvalue weighted by atomic mass is 19.4. The summed E-state index contributed by atoms with van der Waals surface area (Å²) in [6.45, 7) is 8.87. The third kappa shape index (κ3) is 8.73. The van der Waals surface area contributed by atoms with Crippen LogP contribution in [0.25, 0.3) is 0 Å². The number of hydrogen-bond acceptors (Lipinski definition) is 2. The molecule has 5 heteroatoms. The van der Waals surface area contributed by atoms with Crippen LogP contribution >= 0.6 is 0 Å². The lowest BCUT2D eigenvalue weighted by molar-refractivity contribution is -0.145. The molecular weight excluding hydrogens is 217 g/mol. The van der Waals surface area contributed by atoms with Crippen LogP contribution in [-0.4, -0.2) is 43.8 Å². The zero-order valence-corrected chi connectivity index (χ0v) is 10.0. The van der Waals surface area contributed by atoms with Gasteiger partial charge < -0.3 is 5.32 Å². The minimum Gasteiger partial charge on any atom is -0.313 e. The highest BCUT2D eigenvalue weighted by Crippen LogP contribution is 2.17. The minimum absolute atomic E-state index is 0.306. The predicted octanol–water partition coefficient (Wildman–Crippen LogP) is 2.43. The standard InChI is InChI=1S/C11H21F3N2/c1-4-6-16(9-11(12,13)14)8-10(3)7-15-5-2/h15H,3-9H2,1-2H3. The summed E-state index contributed by atoms with van der Waals surface area (Å²) in [4.78, 5) is 1.39. The molecule has 0 aliphatic heterocycles. The highest BCUT2D eigenvalue weighted by Gasteiger charge is 2.30. The number of nitrogens with zero attached hydrogens (tertiary/aromatic N) is 1. The van der Waals surface area contributed by atoms with Crippen LogP contribution < -0.4 is 5.32 Å². The molecule has 2 nitrogen and oxygen atoms in total. The Balaban J connectivity index is 4.06. The molecule has 0 unspecified atom stereocenters. The van der Waals surface area contributed by atoms with Gasteiger partial charge >= 0.3 is 6.18 Å². The van der Waals surface area contributed by atoms with Crippen molar-refractivity contribution in [2.24, 2.45) is 0 Å². The zero-order valence-electron chi connectivity index (χ0n) is 10.0. The second kappa shape index (κ2) is 7.68. The molecule has 0 heterocycles. The van der Waals surface area contributed by atoms with Gasteiger partial charge in [-0.25, -0.2) is 0 Å². The van der Waals surface area contributed by atoms with Crippen LogP contribution in [0.1, 0.15) is 20.3 Å². The number of likely N-dealkylation sites (N-methyl/N-ethyl adjacent to an activating group) is 1. The number of alkyl halides is 3. The van der Waals surface area contributed by atoms with Gasteiger partial charge in [0, 0.05) is 13.1 Å². The maximum atomic E-state index is 12.2. The molecule has 0 aromatic heterocycles. The fraction of sp³-hybridized carbons (Fsp3) is 0.818. The first-order valence-electron chi connectivity index (χ1n) is 5.55. The summed E-state index contributed by atoms with van der Waals surface area (Å²) >= 11 is 0. The van der Waals surface area contributed by atoms with Crippen LogP contribution in [0.3, 0.4) is 0 Å². The Labute approximate surface area is 95.5 Å². The average Bonchev–Trinajstić information content (AvgIpc) is 2.12. The van der Waals surface area contributed by atoms with E-state index in [1.54, 1.807) is 0 Å². The van der Waals surface area contributed by atoms with E-state index in [0.717, 1.165) is 12.1 Å². The van der Waals surface area contributed by atoms with Gasteiger partial charge in [-0.1, -0.05) is 20.4 Å². The average molecular weight is 238 g/mol. The summed E-state index contributed by atoms with van der Waals surface area (Å²) in [7, 11) is 0. The molecule has 0 rings (SSSR count). The van der Waals surface area contributed by atoms with Crippen molar-refractivity contribution in [3.05, 3.63) is 12.2 Å². The summed E-state index contributed by atoms with van der Waals surface area (Å²) in [5.74, 6) is 0. The topological polar surface area (TPSA) is 15.3 Å². The highest BCUT2D eigenvalue weighted by molar-refractivity contribution is 4.99. The Hall–Kier alpha value is -0.550. The molecule has 0 bridgehead atoms. The second-order valence-electron chi connectivity index (χ2n) is 3.86. The number of hydrogen-bond donors (Lipinski definition) is 1. The molecule has 0 saturated carbocycles. The van der Waals surface area contributed by atoms with Gasteiger partial charge in [0.2, 0.25) is 0 Å². The third-order valence-corrected chi connectivity index (χ3v) is 2.01. The molecule has 0 aliphatic carbocycles. The summed E-state index contributed by atoms with van der Waals surface area (Å²) in [5.41, 5.74) is 0.791. The van der Waals surface area contributed by atoms with Crippen molar-refractivity contribution < 1.29 is 13.2 Å². The predicted molar refractivity (Wildman–Crippen MR) is 60.5 cm³/mol. The van der Waals surface area contributed by atoms with Gasteiger partial charge in [-0.3, -0.25) is 4.90 Å². The molecule has 0 amide bonds. The van der Waals surface area contributed by atoms with Gasteiger partial charge in [-0.05, 0) is 25.1 Å². The first-order chi connectivity index (χ1) is 7.39. The van der Waals surface area contributed by atoms with Crippen LogP contribution in [-0.2, 0) is 0 Å². The largest absolute Gasteiger partial charge is 0.401 e. The lowest BCUT2D eigenvalue weighted by Crippen LogP contribution is -2.37. The molecular formula is C11H21F3N2.